The number of hydrogen-bond donors (Lipinski definition) is 3. The summed E-state index contributed by atoms with van der Waals surface area (Å²) in [5.74, 6) is -1.62. The average Bonchev–Trinajstić information content (AvgIpc) is 2.89. The highest BCUT2D eigenvalue weighted by molar-refractivity contribution is 5.93. The number of esters is 2. The van der Waals surface area contributed by atoms with Crippen molar-refractivity contribution in [3.8, 4) is 0 Å². The van der Waals surface area contributed by atoms with Gasteiger partial charge in [-0.05, 0) is 30.7 Å². The Bertz CT molecular complexity index is 772. The van der Waals surface area contributed by atoms with Gasteiger partial charge >= 0.3 is 11.9 Å². The molecule has 3 N–H and O–H groups in total. The van der Waals surface area contributed by atoms with Crippen molar-refractivity contribution in [3.05, 3.63) is 40.3 Å². The van der Waals surface area contributed by atoms with Crippen LogP contribution in [0.3, 0.4) is 0 Å². The Hall–Kier alpha value is -2.40. The van der Waals surface area contributed by atoms with Crippen molar-refractivity contribution in [1.29, 1.82) is 0 Å². The maximum Gasteiger partial charge on any atom is 0.338 e. The Morgan fingerprint density at radius 1 is 0.811 bits per heavy atom. The lowest BCUT2D eigenvalue weighted by Gasteiger charge is -2.24. The van der Waals surface area contributed by atoms with Gasteiger partial charge < -0.3 is 29.5 Å². The Morgan fingerprint density at radius 3 is 1.86 bits per heavy atom. The van der Waals surface area contributed by atoms with Crippen LogP contribution in [0.4, 0.5) is 0 Å². The minimum absolute atomic E-state index is 0.135. The number of aliphatic hydroxyl groups is 3. The van der Waals surface area contributed by atoms with Crippen molar-refractivity contribution in [2.75, 3.05) is 26.4 Å². The lowest BCUT2D eigenvalue weighted by atomic mass is 9.98. The zero-order valence-electron chi connectivity index (χ0n) is 22.0. The Labute approximate surface area is 219 Å². The van der Waals surface area contributed by atoms with Crippen LogP contribution in [-0.2, 0) is 14.2 Å². The molecule has 0 saturated carbocycles. The summed E-state index contributed by atoms with van der Waals surface area (Å²) >= 11 is 0. The lowest BCUT2D eigenvalue weighted by Crippen LogP contribution is -2.36. The summed E-state index contributed by atoms with van der Waals surface area (Å²) in [6.45, 7) is 3.67. The van der Waals surface area contributed by atoms with Crippen molar-refractivity contribution in [2.24, 2.45) is 11.1 Å². The van der Waals surface area contributed by atoms with Crippen LogP contribution in [0.25, 0.3) is 0 Å². The van der Waals surface area contributed by atoms with Gasteiger partial charge in [0.25, 0.3) is 0 Å². The van der Waals surface area contributed by atoms with Crippen LogP contribution >= 0.6 is 0 Å². The summed E-state index contributed by atoms with van der Waals surface area (Å²) in [7, 11) is 0. The zero-order valence-corrected chi connectivity index (χ0v) is 22.0. The molecule has 2 unspecified atom stereocenters. The molecule has 0 radical (unpaired) electrons. The molecule has 210 valence electrons. The molecule has 1 rings (SSSR count). The Morgan fingerprint density at radius 2 is 1.32 bits per heavy atom. The van der Waals surface area contributed by atoms with E-state index in [1.807, 2.05) is 0 Å². The number of nitrogens with zero attached hydrogens (tertiary/aromatic N) is 1. The number of rotatable bonds is 21. The van der Waals surface area contributed by atoms with E-state index in [1.54, 1.807) is 6.92 Å². The molecular weight excluding hydrogens is 482 g/mol. The van der Waals surface area contributed by atoms with Gasteiger partial charge in [-0.1, -0.05) is 64.0 Å². The van der Waals surface area contributed by atoms with Gasteiger partial charge in [0.2, 0.25) is 0 Å². The highest BCUT2D eigenvalue weighted by Gasteiger charge is 2.25. The molecule has 10 heteroatoms. The molecule has 10 nitrogen and oxygen atoms in total. The highest BCUT2D eigenvalue weighted by Crippen LogP contribution is 2.14. The number of nitroso groups, excluding NO2 is 1. The molecule has 0 amide bonds. The number of carbonyl (C=O) groups is 2. The second-order valence-corrected chi connectivity index (χ2v) is 9.23. The van der Waals surface area contributed by atoms with E-state index in [2.05, 4.69) is 12.1 Å². The maximum atomic E-state index is 12.2. The number of ether oxygens (including phenoxy) is 3. The molecular formula is C27H43NO9. The molecule has 0 spiro atoms. The Balaban J connectivity index is 2.24. The van der Waals surface area contributed by atoms with Crippen molar-refractivity contribution < 1.29 is 39.1 Å². The van der Waals surface area contributed by atoms with Crippen molar-refractivity contribution in [3.63, 3.8) is 0 Å². The largest absolute Gasteiger partial charge is 0.462 e. The van der Waals surface area contributed by atoms with Gasteiger partial charge in [0.05, 0.1) is 43.1 Å². The van der Waals surface area contributed by atoms with E-state index >= 15 is 0 Å². The summed E-state index contributed by atoms with van der Waals surface area (Å²) in [6, 6.07) is 5.94. The molecule has 0 saturated heterocycles. The predicted octanol–water partition coefficient (Wildman–Crippen LogP) is 3.99. The van der Waals surface area contributed by atoms with Crippen molar-refractivity contribution in [2.45, 2.75) is 90.1 Å². The number of carbonyl (C=O) groups excluding carboxylic acids is 2. The van der Waals surface area contributed by atoms with Gasteiger partial charge in [-0.3, -0.25) is 0 Å². The topological polar surface area (TPSA) is 152 Å². The van der Waals surface area contributed by atoms with Crippen LogP contribution < -0.4 is 0 Å². The molecule has 0 aliphatic heterocycles. The lowest BCUT2D eigenvalue weighted by molar-refractivity contribution is -0.141. The second kappa shape index (κ2) is 19.7. The molecule has 37 heavy (non-hydrogen) atoms. The summed E-state index contributed by atoms with van der Waals surface area (Å²) in [4.78, 5) is 34.6. The van der Waals surface area contributed by atoms with Gasteiger partial charge in [0.15, 0.2) is 6.29 Å². The summed E-state index contributed by atoms with van der Waals surface area (Å²) in [6.07, 6.45) is 5.07. The summed E-state index contributed by atoms with van der Waals surface area (Å²) < 4.78 is 15.5. The van der Waals surface area contributed by atoms with E-state index in [0.717, 1.165) is 19.3 Å². The maximum absolute atomic E-state index is 12.2. The molecule has 0 aliphatic carbocycles. The van der Waals surface area contributed by atoms with E-state index in [4.69, 9.17) is 14.2 Å². The molecule has 0 fully saturated rings. The first-order valence-electron chi connectivity index (χ1n) is 13.2. The number of hydrogen-bond acceptors (Lipinski definition) is 10. The molecule has 0 aliphatic rings. The fraction of sp³-hybridized carbons (Fsp3) is 0.704. The zero-order chi connectivity index (χ0) is 27.5. The standard InChI is InChI=1S/C27H43NO9/c1-3-4-5-6-7-8-9-10-15-36-26(32)21-11-13-22(14-12-21)27(33)37-17-16-35-24(30)18-23(29)25(31)20(2)19-28-34/h11-14,20,23-25,29-31H,3-10,15-19H2,1-2H3/t20?,23?,24-,25-/m1/s1. The molecule has 0 heterocycles. The average molecular weight is 526 g/mol. The van der Waals surface area contributed by atoms with E-state index < -0.39 is 36.4 Å². The first-order valence-corrected chi connectivity index (χ1v) is 13.2. The van der Waals surface area contributed by atoms with Crippen molar-refractivity contribution >= 4 is 11.9 Å². The minimum atomic E-state index is -1.39. The quantitative estimate of drug-likeness (QED) is 0.0936. The monoisotopic (exact) mass is 525 g/mol. The molecule has 1 aromatic carbocycles. The van der Waals surface area contributed by atoms with Gasteiger partial charge in [0.1, 0.15) is 6.61 Å². The van der Waals surface area contributed by atoms with Crippen LogP contribution in [0.5, 0.6) is 0 Å². The van der Waals surface area contributed by atoms with Crippen molar-refractivity contribution in [1.82, 2.24) is 0 Å². The van der Waals surface area contributed by atoms with Crippen LogP contribution in [-0.4, -0.2) is 72.1 Å². The number of benzene rings is 1. The van der Waals surface area contributed by atoms with E-state index in [0.29, 0.717) is 12.2 Å². The molecule has 4 atom stereocenters. The minimum Gasteiger partial charge on any atom is -0.462 e. The summed E-state index contributed by atoms with van der Waals surface area (Å²) in [5.41, 5.74) is 0.595. The molecule has 0 bridgehead atoms. The fourth-order valence-corrected chi connectivity index (χ4v) is 3.65. The van der Waals surface area contributed by atoms with Crippen LogP contribution in [0, 0.1) is 10.8 Å². The van der Waals surface area contributed by atoms with Gasteiger partial charge in [-0.2, -0.15) is 4.91 Å². The summed E-state index contributed by atoms with van der Waals surface area (Å²) in [5, 5.41) is 32.3. The third-order valence-electron chi connectivity index (χ3n) is 6.00. The SMILES string of the molecule is CCCCCCCCCCOC(=O)c1ccc(C(=O)OCCO[C@@H](O)CC(O)[C@H](O)C(C)CN=O)cc1. The predicted molar refractivity (Wildman–Crippen MR) is 138 cm³/mol. The normalized spacial score (nSPS) is 14.4. The Kier molecular flexibility index (Phi) is 17.4. The number of aliphatic hydroxyl groups excluding tert-OH is 3. The van der Waals surface area contributed by atoms with E-state index in [-0.39, 0.29) is 31.7 Å². The first-order chi connectivity index (χ1) is 17.8. The highest BCUT2D eigenvalue weighted by atomic mass is 16.6. The van der Waals surface area contributed by atoms with Crippen LogP contribution in [0.15, 0.2) is 29.4 Å². The first kappa shape index (κ1) is 32.6. The van der Waals surface area contributed by atoms with E-state index in [1.165, 1.54) is 56.4 Å². The molecule has 0 aromatic heterocycles. The fourth-order valence-electron chi connectivity index (χ4n) is 3.65. The number of unbranched alkanes of at least 4 members (excludes halogenated alkanes) is 7. The second-order valence-electron chi connectivity index (χ2n) is 9.23. The van der Waals surface area contributed by atoms with Crippen LogP contribution in [0.1, 0.15) is 92.4 Å². The van der Waals surface area contributed by atoms with Crippen LogP contribution in [0.2, 0.25) is 0 Å². The molecule has 1 aromatic rings. The van der Waals surface area contributed by atoms with Gasteiger partial charge in [-0.25, -0.2) is 9.59 Å². The smallest absolute Gasteiger partial charge is 0.338 e. The van der Waals surface area contributed by atoms with Gasteiger partial charge in [0, 0.05) is 12.3 Å². The third kappa shape index (κ3) is 14.2. The van der Waals surface area contributed by atoms with Gasteiger partial charge in [-0.15, -0.1) is 0 Å². The van der Waals surface area contributed by atoms with E-state index in [9.17, 15) is 29.8 Å². The third-order valence-corrected chi connectivity index (χ3v) is 6.00.